The molecule has 5 nitrogen and oxygen atoms in total. The molecule has 0 bridgehead atoms. The van der Waals surface area contributed by atoms with E-state index >= 15 is 0 Å². The molecule has 5 atom stereocenters. The Morgan fingerprint density at radius 2 is 2.11 bits per heavy atom. The molecule has 0 saturated heterocycles. The first-order valence-corrected chi connectivity index (χ1v) is 10.2. The van der Waals surface area contributed by atoms with E-state index in [0.717, 1.165) is 31.1 Å². The Hall–Kier alpha value is -1.85. The topological polar surface area (TPSA) is 76.0 Å². The predicted octanol–water partition coefficient (Wildman–Crippen LogP) is 3.89. The SMILES string of the molecule is CC(C)=CCC[C@]1(C)Oc2cc(CO)c(C=O)c3c2[C@H]2[C@@H](O3)[C@@](C)(O)CC[C@H]21. The van der Waals surface area contributed by atoms with Gasteiger partial charge >= 0.3 is 0 Å². The number of carbonyl (C=O) groups is 1. The van der Waals surface area contributed by atoms with Crippen molar-refractivity contribution >= 4 is 6.29 Å². The lowest BCUT2D eigenvalue weighted by Gasteiger charge is -2.51. The molecule has 152 valence electrons. The van der Waals surface area contributed by atoms with Crippen molar-refractivity contribution < 1.29 is 24.5 Å². The molecule has 0 radical (unpaired) electrons. The maximum Gasteiger partial charge on any atom is 0.154 e. The number of aldehydes is 1. The van der Waals surface area contributed by atoms with Crippen LogP contribution in [0.4, 0.5) is 0 Å². The van der Waals surface area contributed by atoms with Crippen molar-refractivity contribution in [1.29, 1.82) is 0 Å². The van der Waals surface area contributed by atoms with Gasteiger partial charge in [-0.05, 0) is 65.0 Å². The van der Waals surface area contributed by atoms with E-state index in [-0.39, 0.29) is 18.4 Å². The first-order valence-electron chi connectivity index (χ1n) is 10.2. The van der Waals surface area contributed by atoms with Gasteiger partial charge in [-0.25, -0.2) is 0 Å². The van der Waals surface area contributed by atoms with Crippen molar-refractivity contribution in [2.75, 3.05) is 0 Å². The van der Waals surface area contributed by atoms with Crippen molar-refractivity contribution in [2.24, 2.45) is 5.92 Å². The lowest BCUT2D eigenvalue weighted by molar-refractivity contribution is -0.125. The highest BCUT2D eigenvalue weighted by Crippen LogP contribution is 2.62. The summed E-state index contributed by atoms with van der Waals surface area (Å²) in [6, 6.07) is 1.78. The van der Waals surface area contributed by atoms with Gasteiger partial charge < -0.3 is 19.7 Å². The third-order valence-electron chi connectivity index (χ3n) is 6.93. The number of benzene rings is 1. The van der Waals surface area contributed by atoms with Crippen LogP contribution in [-0.2, 0) is 6.61 Å². The highest BCUT2D eigenvalue weighted by atomic mass is 16.5. The molecule has 5 heteroatoms. The molecule has 0 aromatic heterocycles. The van der Waals surface area contributed by atoms with Gasteiger partial charge in [-0.1, -0.05) is 11.6 Å². The van der Waals surface area contributed by atoms with Crippen LogP contribution in [0.1, 0.15) is 80.8 Å². The third kappa shape index (κ3) is 2.79. The summed E-state index contributed by atoms with van der Waals surface area (Å²) >= 11 is 0. The van der Waals surface area contributed by atoms with Gasteiger partial charge in [0, 0.05) is 17.4 Å². The van der Waals surface area contributed by atoms with Crippen LogP contribution in [0.5, 0.6) is 11.5 Å². The molecule has 0 spiro atoms. The van der Waals surface area contributed by atoms with Gasteiger partial charge in [0.05, 0.1) is 17.8 Å². The molecule has 0 amide bonds. The number of allylic oxidation sites excluding steroid dienone is 2. The molecule has 0 unspecified atom stereocenters. The second kappa shape index (κ2) is 6.60. The number of aliphatic hydroxyl groups is 2. The minimum atomic E-state index is -0.963. The predicted molar refractivity (Wildman–Crippen MR) is 106 cm³/mol. The minimum Gasteiger partial charge on any atom is -0.487 e. The Morgan fingerprint density at radius 3 is 2.75 bits per heavy atom. The van der Waals surface area contributed by atoms with Crippen molar-refractivity contribution in [2.45, 2.75) is 83.2 Å². The Labute approximate surface area is 166 Å². The molecule has 2 heterocycles. The fourth-order valence-electron chi connectivity index (χ4n) is 5.45. The van der Waals surface area contributed by atoms with Gasteiger partial charge in [-0.3, -0.25) is 4.79 Å². The third-order valence-corrected chi connectivity index (χ3v) is 6.93. The summed E-state index contributed by atoms with van der Waals surface area (Å²) < 4.78 is 12.8. The maximum absolute atomic E-state index is 11.8. The van der Waals surface area contributed by atoms with Crippen molar-refractivity contribution in [3.8, 4) is 11.5 Å². The van der Waals surface area contributed by atoms with Crippen LogP contribution in [0.15, 0.2) is 17.7 Å². The number of hydrogen-bond donors (Lipinski definition) is 2. The molecule has 28 heavy (non-hydrogen) atoms. The summed E-state index contributed by atoms with van der Waals surface area (Å²) in [5.41, 5.74) is 1.71. The Balaban J connectivity index is 1.85. The van der Waals surface area contributed by atoms with E-state index in [1.807, 2.05) is 6.92 Å². The summed E-state index contributed by atoms with van der Waals surface area (Å²) in [7, 11) is 0. The fraction of sp³-hybridized carbons (Fsp3) is 0.609. The van der Waals surface area contributed by atoms with Gasteiger partial charge in [-0.2, -0.15) is 0 Å². The monoisotopic (exact) mass is 386 g/mol. The van der Waals surface area contributed by atoms with Gasteiger partial charge in [0.15, 0.2) is 6.29 Å². The number of ether oxygens (including phenoxy) is 2. The summed E-state index contributed by atoms with van der Waals surface area (Å²) in [5, 5.41) is 20.8. The number of rotatable bonds is 5. The lowest BCUT2D eigenvalue weighted by Crippen LogP contribution is -2.57. The van der Waals surface area contributed by atoms with Crippen LogP contribution in [0.2, 0.25) is 0 Å². The van der Waals surface area contributed by atoms with Crippen LogP contribution < -0.4 is 9.47 Å². The smallest absolute Gasteiger partial charge is 0.154 e. The zero-order valence-corrected chi connectivity index (χ0v) is 17.1. The zero-order chi connectivity index (χ0) is 20.3. The van der Waals surface area contributed by atoms with E-state index in [1.165, 1.54) is 5.57 Å². The van der Waals surface area contributed by atoms with Gasteiger partial charge in [0.25, 0.3) is 0 Å². The molecular weight excluding hydrogens is 356 g/mol. The van der Waals surface area contributed by atoms with Crippen LogP contribution >= 0.6 is 0 Å². The molecule has 2 aliphatic heterocycles. The Bertz CT molecular complexity index is 836. The number of aliphatic hydroxyl groups excluding tert-OH is 1. The second-order valence-corrected chi connectivity index (χ2v) is 9.27. The van der Waals surface area contributed by atoms with Gasteiger partial charge in [0.2, 0.25) is 0 Å². The molecule has 1 aliphatic carbocycles. The highest BCUT2D eigenvalue weighted by Gasteiger charge is 2.61. The summed E-state index contributed by atoms with van der Waals surface area (Å²) in [5.74, 6) is 1.37. The summed E-state index contributed by atoms with van der Waals surface area (Å²) in [6.45, 7) is 7.91. The number of hydrogen-bond acceptors (Lipinski definition) is 5. The van der Waals surface area contributed by atoms with Crippen molar-refractivity contribution in [3.63, 3.8) is 0 Å². The Morgan fingerprint density at radius 1 is 1.36 bits per heavy atom. The van der Waals surface area contributed by atoms with Crippen LogP contribution in [0.3, 0.4) is 0 Å². The summed E-state index contributed by atoms with van der Waals surface area (Å²) in [4.78, 5) is 11.8. The van der Waals surface area contributed by atoms with E-state index in [4.69, 9.17) is 9.47 Å². The summed E-state index contributed by atoms with van der Waals surface area (Å²) in [6.07, 6.45) is 5.83. The maximum atomic E-state index is 11.8. The van der Waals surface area contributed by atoms with E-state index in [1.54, 1.807) is 6.07 Å². The average Bonchev–Trinajstić information content (AvgIpc) is 3.02. The van der Waals surface area contributed by atoms with Crippen molar-refractivity contribution in [3.05, 3.63) is 34.4 Å². The average molecular weight is 386 g/mol. The number of carbonyl (C=O) groups excluding carboxylic acids is 1. The highest BCUT2D eigenvalue weighted by molar-refractivity contribution is 5.85. The molecule has 1 saturated carbocycles. The molecule has 1 aromatic rings. The largest absolute Gasteiger partial charge is 0.487 e. The first kappa shape index (κ1) is 19.5. The molecule has 1 aromatic carbocycles. The van der Waals surface area contributed by atoms with E-state index in [2.05, 4.69) is 26.8 Å². The lowest BCUT2D eigenvalue weighted by atomic mass is 9.61. The molecule has 2 N–H and O–H groups in total. The fourth-order valence-corrected chi connectivity index (χ4v) is 5.45. The molecule has 3 aliphatic rings. The molecule has 4 rings (SSSR count). The zero-order valence-electron chi connectivity index (χ0n) is 17.1. The van der Waals surface area contributed by atoms with E-state index in [9.17, 15) is 15.0 Å². The van der Waals surface area contributed by atoms with E-state index in [0.29, 0.717) is 29.0 Å². The standard InChI is InChI=1S/C23H30O5/c1-13(2)6-5-8-23(4)16-7-9-22(3,26)21-18(16)19-17(28-23)10-14(11-24)15(12-25)20(19)27-21/h6,10,12,16,18,21,24,26H,5,7-9,11H2,1-4H3/t16-,18+,21-,22+,23+/m1/s1. The molecule has 1 fully saturated rings. The minimum absolute atomic E-state index is 0.00866. The molecular formula is C23H30O5. The second-order valence-electron chi connectivity index (χ2n) is 9.27. The quantitative estimate of drug-likeness (QED) is 0.593. The van der Waals surface area contributed by atoms with Gasteiger partial charge in [-0.15, -0.1) is 0 Å². The van der Waals surface area contributed by atoms with Gasteiger partial charge in [0.1, 0.15) is 23.2 Å². The van der Waals surface area contributed by atoms with Crippen LogP contribution in [0.25, 0.3) is 0 Å². The van der Waals surface area contributed by atoms with E-state index < -0.39 is 17.3 Å². The Kier molecular flexibility index (Phi) is 4.59. The van der Waals surface area contributed by atoms with Crippen LogP contribution in [0, 0.1) is 5.92 Å². The normalized spacial score (nSPS) is 34.9. The van der Waals surface area contributed by atoms with Crippen LogP contribution in [-0.4, -0.2) is 33.8 Å². The first-order chi connectivity index (χ1) is 13.2. The van der Waals surface area contributed by atoms with Crippen molar-refractivity contribution in [1.82, 2.24) is 0 Å².